The zero-order valence-electron chi connectivity index (χ0n) is 13.3. The third kappa shape index (κ3) is 3.83. The van der Waals surface area contributed by atoms with E-state index >= 15 is 0 Å². The predicted octanol–water partition coefficient (Wildman–Crippen LogP) is 2.32. The lowest BCUT2D eigenvalue weighted by atomic mass is 9.95. The second-order valence-corrected chi connectivity index (χ2v) is 5.94. The first-order valence-electron chi connectivity index (χ1n) is 7.71. The Balaban J connectivity index is 1.83. The second-order valence-electron chi connectivity index (χ2n) is 5.94. The van der Waals surface area contributed by atoms with Gasteiger partial charge in [-0.2, -0.15) is 0 Å². The smallest absolute Gasteiger partial charge is 0.325 e. The Morgan fingerprint density at radius 3 is 2.48 bits per heavy atom. The van der Waals surface area contributed by atoms with Crippen LogP contribution in [0.25, 0.3) is 0 Å². The highest BCUT2D eigenvalue weighted by molar-refractivity contribution is 5.80. The van der Waals surface area contributed by atoms with Crippen molar-refractivity contribution in [3.8, 4) is 0 Å². The third-order valence-electron chi connectivity index (χ3n) is 4.26. The van der Waals surface area contributed by atoms with E-state index in [1.807, 2.05) is 13.8 Å². The number of carbonyl (C=O) groups is 1. The summed E-state index contributed by atoms with van der Waals surface area (Å²) in [5.41, 5.74) is 2.29. The summed E-state index contributed by atoms with van der Waals surface area (Å²) in [5.74, 6) is -0.172. The van der Waals surface area contributed by atoms with E-state index in [9.17, 15) is 4.79 Å². The van der Waals surface area contributed by atoms with Crippen LogP contribution in [0, 0.1) is 0 Å². The van der Waals surface area contributed by atoms with Gasteiger partial charge in [0.05, 0.1) is 7.11 Å². The number of ether oxygens (including phenoxy) is 1. The van der Waals surface area contributed by atoms with Crippen LogP contribution in [0.3, 0.4) is 0 Å². The van der Waals surface area contributed by atoms with Crippen molar-refractivity contribution in [3.63, 3.8) is 0 Å². The molecule has 1 heterocycles. The summed E-state index contributed by atoms with van der Waals surface area (Å²) >= 11 is 0. The van der Waals surface area contributed by atoms with Gasteiger partial charge in [-0.15, -0.1) is 0 Å². The quantitative estimate of drug-likeness (QED) is 0.783. The van der Waals surface area contributed by atoms with Gasteiger partial charge < -0.3 is 10.1 Å². The standard InChI is InChI=1S/C17H26N2O2/c1-4-18-17(2,16(20)21-3)10-7-11-19-12-14-8-5-6-9-15(14)13-19/h5-6,8-9,18H,4,7,10-13H2,1-3H3. The van der Waals surface area contributed by atoms with Gasteiger partial charge >= 0.3 is 5.97 Å². The summed E-state index contributed by atoms with van der Waals surface area (Å²) in [7, 11) is 1.45. The largest absolute Gasteiger partial charge is 0.468 e. The van der Waals surface area contributed by atoms with Gasteiger partial charge in [-0.05, 0) is 44.0 Å². The van der Waals surface area contributed by atoms with Crippen molar-refractivity contribution in [1.82, 2.24) is 10.2 Å². The Bertz CT molecular complexity index is 464. The van der Waals surface area contributed by atoms with Crippen LogP contribution in [0.2, 0.25) is 0 Å². The molecule has 0 bridgehead atoms. The average Bonchev–Trinajstić information content (AvgIpc) is 2.89. The Hall–Kier alpha value is -1.39. The minimum Gasteiger partial charge on any atom is -0.468 e. The number of fused-ring (bicyclic) bond motifs is 1. The van der Waals surface area contributed by atoms with Crippen LogP contribution >= 0.6 is 0 Å². The number of nitrogens with one attached hydrogen (secondary N) is 1. The molecular formula is C17H26N2O2. The molecule has 1 aliphatic heterocycles. The monoisotopic (exact) mass is 290 g/mol. The van der Waals surface area contributed by atoms with Gasteiger partial charge in [-0.1, -0.05) is 31.2 Å². The first-order valence-corrected chi connectivity index (χ1v) is 7.71. The van der Waals surface area contributed by atoms with Crippen LogP contribution in [0.5, 0.6) is 0 Å². The van der Waals surface area contributed by atoms with Gasteiger partial charge in [0.1, 0.15) is 5.54 Å². The van der Waals surface area contributed by atoms with Crippen LogP contribution in [-0.4, -0.2) is 36.6 Å². The molecule has 1 aromatic rings. The summed E-state index contributed by atoms with van der Waals surface area (Å²) < 4.78 is 4.93. The molecule has 4 nitrogen and oxygen atoms in total. The van der Waals surface area contributed by atoms with Crippen molar-refractivity contribution in [2.24, 2.45) is 0 Å². The van der Waals surface area contributed by atoms with E-state index in [4.69, 9.17) is 4.74 Å². The van der Waals surface area contributed by atoms with E-state index in [2.05, 4.69) is 34.5 Å². The molecule has 1 aliphatic rings. The molecule has 4 heteroatoms. The number of benzene rings is 1. The van der Waals surface area contributed by atoms with Gasteiger partial charge in [0, 0.05) is 13.1 Å². The number of hydrogen-bond acceptors (Lipinski definition) is 4. The lowest BCUT2D eigenvalue weighted by molar-refractivity contribution is -0.148. The van der Waals surface area contributed by atoms with Gasteiger partial charge in [-0.3, -0.25) is 9.69 Å². The molecule has 1 N–H and O–H groups in total. The Morgan fingerprint density at radius 1 is 1.33 bits per heavy atom. The second kappa shape index (κ2) is 7.05. The average molecular weight is 290 g/mol. The van der Waals surface area contributed by atoms with E-state index in [0.29, 0.717) is 0 Å². The Kier molecular flexibility index (Phi) is 5.37. The molecule has 21 heavy (non-hydrogen) atoms. The van der Waals surface area contributed by atoms with E-state index in [1.165, 1.54) is 18.2 Å². The highest BCUT2D eigenvalue weighted by Gasteiger charge is 2.33. The highest BCUT2D eigenvalue weighted by atomic mass is 16.5. The van der Waals surface area contributed by atoms with Gasteiger partial charge in [0.25, 0.3) is 0 Å². The van der Waals surface area contributed by atoms with E-state index in [1.54, 1.807) is 0 Å². The van der Waals surface area contributed by atoms with Crippen LogP contribution in [0.4, 0.5) is 0 Å². The lowest BCUT2D eigenvalue weighted by Gasteiger charge is -2.28. The molecule has 1 unspecified atom stereocenters. The normalized spacial score (nSPS) is 17.3. The predicted molar refractivity (Wildman–Crippen MR) is 83.9 cm³/mol. The molecule has 0 radical (unpaired) electrons. The molecule has 2 rings (SSSR count). The van der Waals surface area contributed by atoms with Crippen molar-refractivity contribution in [2.75, 3.05) is 20.2 Å². The Labute approximate surface area is 127 Å². The van der Waals surface area contributed by atoms with Gasteiger partial charge in [-0.25, -0.2) is 0 Å². The summed E-state index contributed by atoms with van der Waals surface area (Å²) in [6.45, 7) is 7.76. The van der Waals surface area contributed by atoms with E-state index < -0.39 is 5.54 Å². The molecule has 0 amide bonds. The summed E-state index contributed by atoms with van der Waals surface area (Å²) in [4.78, 5) is 14.4. The van der Waals surface area contributed by atoms with Crippen LogP contribution < -0.4 is 5.32 Å². The van der Waals surface area contributed by atoms with Gasteiger partial charge in [0.15, 0.2) is 0 Å². The maximum atomic E-state index is 11.9. The number of esters is 1. The highest BCUT2D eigenvalue weighted by Crippen LogP contribution is 2.23. The number of likely N-dealkylation sites (N-methyl/N-ethyl adjacent to an activating group) is 1. The first-order chi connectivity index (χ1) is 10.1. The van der Waals surface area contributed by atoms with Crippen LogP contribution in [0.15, 0.2) is 24.3 Å². The van der Waals surface area contributed by atoms with Crippen molar-refractivity contribution in [1.29, 1.82) is 0 Å². The minimum atomic E-state index is -0.573. The lowest BCUT2D eigenvalue weighted by Crippen LogP contribution is -2.50. The van der Waals surface area contributed by atoms with Crippen LogP contribution in [-0.2, 0) is 22.6 Å². The number of hydrogen-bond donors (Lipinski definition) is 1. The zero-order valence-corrected chi connectivity index (χ0v) is 13.3. The molecule has 0 spiro atoms. The minimum absolute atomic E-state index is 0.172. The molecule has 1 atom stereocenters. The molecule has 0 aromatic heterocycles. The SMILES string of the molecule is CCNC(C)(CCCN1Cc2ccccc2C1)C(=O)OC. The maximum Gasteiger partial charge on any atom is 0.325 e. The van der Waals surface area contributed by atoms with E-state index in [-0.39, 0.29) is 5.97 Å². The van der Waals surface area contributed by atoms with E-state index in [0.717, 1.165) is 39.0 Å². The van der Waals surface area contributed by atoms with Crippen LogP contribution in [0.1, 0.15) is 37.8 Å². The number of nitrogens with zero attached hydrogens (tertiary/aromatic N) is 1. The topological polar surface area (TPSA) is 41.6 Å². The summed E-state index contributed by atoms with van der Waals surface area (Å²) in [6.07, 6.45) is 1.77. The summed E-state index contributed by atoms with van der Waals surface area (Å²) in [6, 6.07) is 8.60. The first kappa shape index (κ1) is 16.0. The molecule has 0 saturated heterocycles. The number of methoxy groups -OCH3 is 1. The molecule has 1 aromatic carbocycles. The summed E-state index contributed by atoms with van der Waals surface area (Å²) in [5, 5.41) is 3.26. The molecule has 116 valence electrons. The van der Waals surface area contributed by atoms with Crippen molar-refractivity contribution >= 4 is 5.97 Å². The molecule has 0 fully saturated rings. The zero-order chi connectivity index (χ0) is 15.3. The molecular weight excluding hydrogens is 264 g/mol. The van der Waals surface area contributed by atoms with Gasteiger partial charge in [0.2, 0.25) is 0 Å². The third-order valence-corrected chi connectivity index (χ3v) is 4.26. The van der Waals surface area contributed by atoms with Crippen molar-refractivity contribution in [3.05, 3.63) is 35.4 Å². The Morgan fingerprint density at radius 2 is 1.95 bits per heavy atom. The fraction of sp³-hybridized carbons (Fsp3) is 0.588. The molecule has 0 aliphatic carbocycles. The number of carbonyl (C=O) groups excluding carboxylic acids is 1. The fourth-order valence-corrected chi connectivity index (χ4v) is 3.10. The fourth-order valence-electron chi connectivity index (χ4n) is 3.10. The number of rotatable bonds is 7. The molecule has 0 saturated carbocycles. The van der Waals surface area contributed by atoms with Crippen molar-refractivity contribution < 1.29 is 9.53 Å². The maximum absolute atomic E-state index is 11.9. The van der Waals surface area contributed by atoms with Crippen molar-refractivity contribution in [2.45, 2.75) is 45.3 Å².